The van der Waals surface area contributed by atoms with Crippen LogP contribution in [-0.4, -0.2) is 34.1 Å². The summed E-state index contributed by atoms with van der Waals surface area (Å²) in [4.78, 5) is 46.4. The molecule has 1 aromatic rings. The largest absolute Gasteiger partial charge is 0.446 e. The van der Waals surface area contributed by atoms with Gasteiger partial charge in [-0.25, -0.2) is 9.78 Å². The summed E-state index contributed by atoms with van der Waals surface area (Å²) < 4.78 is 5.42. The van der Waals surface area contributed by atoms with Crippen LogP contribution < -0.4 is 5.73 Å². The molecule has 9 heteroatoms. The first-order valence-electron chi connectivity index (χ1n) is 7.81. The molecular weight excluding hydrogens is 346 g/mol. The van der Waals surface area contributed by atoms with Crippen molar-refractivity contribution in [2.75, 3.05) is 0 Å². The summed E-state index contributed by atoms with van der Waals surface area (Å²) in [6.45, 7) is 7.20. The lowest BCUT2D eigenvalue weighted by molar-refractivity contribution is -0.183. The van der Waals surface area contributed by atoms with E-state index in [0.29, 0.717) is 12.8 Å². The van der Waals surface area contributed by atoms with Gasteiger partial charge in [-0.2, -0.15) is 0 Å². The van der Waals surface area contributed by atoms with E-state index in [9.17, 15) is 14.4 Å². The molecule has 2 bridgehead atoms. The fraction of sp³-hybridized carbons (Fsp3) is 0.562. The van der Waals surface area contributed by atoms with Crippen molar-refractivity contribution in [2.24, 2.45) is 21.7 Å². The van der Waals surface area contributed by atoms with Crippen LogP contribution in [0, 0.1) is 17.8 Å². The molecule has 2 heterocycles. The van der Waals surface area contributed by atoms with E-state index >= 15 is 0 Å². The molecule has 3 rings (SSSR count). The molecule has 134 valence electrons. The van der Waals surface area contributed by atoms with Crippen molar-refractivity contribution in [1.29, 1.82) is 0 Å². The molecule has 1 aliphatic heterocycles. The van der Waals surface area contributed by atoms with Crippen LogP contribution in [0.3, 0.4) is 0 Å². The number of carbonyl (C=O) groups excluding carboxylic acids is 3. The Morgan fingerprint density at radius 2 is 2.04 bits per heavy atom. The molecule has 1 saturated carbocycles. The topological polar surface area (TPSA) is 121 Å². The summed E-state index contributed by atoms with van der Waals surface area (Å²) >= 11 is 1.20. The Morgan fingerprint density at radius 3 is 2.48 bits per heavy atom. The van der Waals surface area contributed by atoms with Gasteiger partial charge in [0.25, 0.3) is 5.91 Å². The van der Waals surface area contributed by atoms with E-state index in [1.54, 1.807) is 27.0 Å². The third kappa shape index (κ3) is 2.21. The van der Waals surface area contributed by atoms with Gasteiger partial charge in [0.15, 0.2) is 5.01 Å². The summed E-state index contributed by atoms with van der Waals surface area (Å²) in [7, 11) is 0. The van der Waals surface area contributed by atoms with Crippen LogP contribution >= 0.6 is 11.3 Å². The molecule has 0 spiro atoms. The maximum atomic E-state index is 12.7. The Labute approximate surface area is 148 Å². The van der Waals surface area contributed by atoms with Gasteiger partial charge in [0, 0.05) is 16.5 Å². The minimum absolute atomic E-state index is 0.245. The SMILES string of the molecule is Cc1cnc(/C(=N/OC(=O)C23CCC(C)(C(=O)O2)C3(C)C)C(N)=O)s1. The van der Waals surface area contributed by atoms with Gasteiger partial charge in [0.05, 0.1) is 5.41 Å². The minimum atomic E-state index is -1.41. The number of nitrogens with two attached hydrogens (primary N) is 1. The number of hydrogen-bond acceptors (Lipinski definition) is 8. The van der Waals surface area contributed by atoms with Crippen molar-refractivity contribution in [3.05, 3.63) is 16.1 Å². The standard InChI is InChI=1S/C16H19N3O5S/c1-8-7-18-11(25-8)9(10(17)20)19-24-13(22)16-6-5-15(4,12(21)23-16)14(16,2)3/h7H,5-6H2,1-4H3,(H2,17,20)/b19-9+. The summed E-state index contributed by atoms with van der Waals surface area (Å²) in [6, 6.07) is 0. The predicted octanol–water partition coefficient (Wildman–Crippen LogP) is 1.31. The van der Waals surface area contributed by atoms with Crippen LogP contribution in [0.15, 0.2) is 11.4 Å². The number of carbonyl (C=O) groups is 3. The molecule has 2 fully saturated rings. The van der Waals surface area contributed by atoms with E-state index in [-0.39, 0.29) is 10.7 Å². The highest BCUT2D eigenvalue weighted by Crippen LogP contribution is 2.65. The monoisotopic (exact) mass is 365 g/mol. The van der Waals surface area contributed by atoms with Crippen molar-refractivity contribution < 1.29 is 24.0 Å². The number of amides is 1. The summed E-state index contributed by atoms with van der Waals surface area (Å²) in [5.41, 5.74) is 2.14. The molecule has 1 amide bonds. The van der Waals surface area contributed by atoms with E-state index in [0.717, 1.165) is 4.88 Å². The third-order valence-electron chi connectivity index (χ3n) is 5.69. The van der Waals surface area contributed by atoms with Crippen molar-refractivity contribution in [3.8, 4) is 0 Å². The highest BCUT2D eigenvalue weighted by atomic mass is 32.1. The number of ether oxygens (including phenoxy) is 1. The van der Waals surface area contributed by atoms with Gasteiger partial charge in [-0.1, -0.05) is 19.0 Å². The molecule has 2 unspecified atom stereocenters. The van der Waals surface area contributed by atoms with Crippen LogP contribution in [0.4, 0.5) is 0 Å². The van der Waals surface area contributed by atoms with Gasteiger partial charge >= 0.3 is 11.9 Å². The van der Waals surface area contributed by atoms with E-state index < -0.39 is 34.3 Å². The molecule has 2 aliphatic rings. The number of aryl methyl sites for hydroxylation is 1. The van der Waals surface area contributed by atoms with E-state index in [2.05, 4.69) is 10.1 Å². The van der Waals surface area contributed by atoms with Gasteiger partial charge < -0.3 is 15.3 Å². The Kier molecular flexibility index (Phi) is 3.75. The molecule has 25 heavy (non-hydrogen) atoms. The number of rotatable bonds is 4. The molecule has 1 aromatic heterocycles. The summed E-state index contributed by atoms with van der Waals surface area (Å²) in [5, 5.41) is 3.88. The van der Waals surface area contributed by atoms with Crippen molar-refractivity contribution in [2.45, 2.75) is 46.1 Å². The van der Waals surface area contributed by atoms with Gasteiger partial charge in [-0.15, -0.1) is 11.3 Å². The van der Waals surface area contributed by atoms with Gasteiger partial charge in [-0.3, -0.25) is 9.59 Å². The lowest BCUT2D eigenvalue weighted by atomic mass is 9.66. The fourth-order valence-electron chi connectivity index (χ4n) is 3.52. The number of thiazole rings is 1. The maximum absolute atomic E-state index is 12.7. The number of esters is 1. The molecule has 2 atom stereocenters. The first-order chi connectivity index (χ1) is 11.5. The first kappa shape index (κ1) is 17.5. The quantitative estimate of drug-likeness (QED) is 0.372. The highest BCUT2D eigenvalue weighted by Gasteiger charge is 2.76. The van der Waals surface area contributed by atoms with Gasteiger partial charge in [0.2, 0.25) is 11.3 Å². The highest BCUT2D eigenvalue weighted by molar-refractivity contribution is 7.14. The number of hydrogen-bond donors (Lipinski definition) is 1. The molecule has 2 N–H and O–H groups in total. The Balaban J connectivity index is 1.90. The smallest absolute Gasteiger partial charge is 0.378 e. The van der Waals surface area contributed by atoms with Crippen LogP contribution in [-0.2, 0) is 24.0 Å². The molecule has 0 radical (unpaired) electrons. The second kappa shape index (κ2) is 5.35. The van der Waals surface area contributed by atoms with E-state index in [1.807, 2.05) is 6.92 Å². The Hall–Kier alpha value is -2.29. The molecule has 8 nitrogen and oxygen atoms in total. The van der Waals surface area contributed by atoms with Crippen LogP contribution in [0.1, 0.15) is 43.5 Å². The molecular formula is C16H19N3O5S. The average Bonchev–Trinajstić information content (AvgIpc) is 3.07. The van der Waals surface area contributed by atoms with Crippen LogP contribution in [0.25, 0.3) is 0 Å². The lowest BCUT2D eigenvalue weighted by Gasteiger charge is -2.33. The molecule has 0 aromatic carbocycles. The van der Waals surface area contributed by atoms with Crippen LogP contribution in [0.5, 0.6) is 0 Å². The molecule has 1 saturated heterocycles. The Morgan fingerprint density at radius 1 is 1.36 bits per heavy atom. The van der Waals surface area contributed by atoms with Gasteiger partial charge in [0.1, 0.15) is 0 Å². The summed E-state index contributed by atoms with van der Waals surface area (Å²) in [6.07, 6.45) is 2.42. The predicted molar refractivity (Wildman–Crippen MR) is 88.6 cm³/mol. The fourth-order valence-corrected chi connectivity index (χ4v) is 4.27. The number of nitrogens with zero attached hydrogens (tertiary/aromatic N) is 2. The minimum Gasteiger partial charge on any atom is -0.446 e. The second-order valence-corrected chi connectivity index (χ2v) is 8.37. The normalized spacial score (nSPS) is 30.2. The second-order valence-electron chi connectivity index (χ2n) is 7.13. The van der Waals surface area contributed by atoms with Crippen molar-refractivity contribution >= 4 is 34.9 Å². The number of aromatic nitrogens is 1. The van der Waals surface area contributed by atoms with Crippen LogP contribution in [0.2, 0.25) is 0 Å². The Bertz CT molecular complexity index is 814. The van der Waals surface area contributed by atoms with E-state index in [4.69, 9.17) is 15.3 Å². The number of fused-ring (bicyclic) bond motifs is 2. The summed E-state index contributed by atoms with van der Waals surface area (Å²) in [5.74, 6) is -2.09. The average molecular weight is 365 g/mol. The zero-order valence-corrected chi connectivity index (χ0v) is 15.2. The third-order valence-corrected chi connectivity index (χ3v) is 6.61. The van der Waals surface area contributed by atoms with Crippen molar-refractivity contribution in [3.63, 3.8) is 0 Å². The number of oxime groups is 1. The number of primary amides is 1. The zero-order valence-electron chi connectivity index (χ0n) is 14.4. The van der Waals surface area contributed by atoms with Gasteiger partial charge in [-0.05, 0) is 26.7 Å². The first-order valence-corrected chi connectivity index (χ1v) is 8.62. The lowest BCUT2D eigenvalue weighted by Crippen LogP contribution is -2.48. The maximum Gasteiger partial charge on any atom is 0.378 e. The zero-order chi connectivity index (χ0) is 18.6. The van der Waals surface area contributed by atoms with Crippen molar-refractivity contribution in [1.82, 2.24) is 4.98 Å². The molecule has 1 aliphatic carbocycles. The van der Waals surface area contributed by atoms with E-state index in [1.165, 1.54) is 11.3 Å².